The predicted molar refractivity (Wildman–Crippen MR) is 292 cm³/mol. The molecule has 0 heterocycles. The molecule has 0 rings (SSSR count). The monoisotopic (exact) mass is 937 g/mol. The van der Waals surface area contributed by atoms with Crippen molar-refractivity contribution in [2.75, 3.05) is 13.2 Å². The summed E-state index contributed by atoms with van der Waals surface area (Å²) >= 11 is 0. The van der Waals surface area contributed by atoms with Crippen LogP contribution in [0.1, 0.15) is 207 Å². The fourth-order valence-electron chi connectivity index (χ4n) is 6.74. The minimum absolute atomic E-state index is 0.126. The number of hydrogen-bond acceptors (Lipinski definition) is 6. The standard InChI is InChI=1S/C62H96O6/c1-4-7-10-13-16-19-22-25-28-31-34-37-40-43-46-49-52-55-61(64)67-58-59(57-66-60(63)54-51-48-45-42-39-36-33-30-27-24-21-18-15-12-9-6-3)68-62(65)56-53-50-47-44-41-38-35-32-29-26-23-20-17-14-11-8-5-2/h7-8,10-11,13,16-17,19-20,22,25-26,28-31,33-35,37-38,40,44,47,59H,4-6,9,12,14-15,18,21,23-24,27,32,36,39,41-43,45-46,48-58H2,1-3H3/b10-7-,11-8-,16-13-,20-17-,22-19-,28-25-,29-26-,33-30-,34-31+,38-35-,40-37-,47-44-. The third-order valence-corrected chi connectivity index (χ3v) is 10.7. The Morgan fingerprint density at radius 3 is 1.15 bits per heavy atom. The largest absolute Gasteiger partial charge is 0.462 e. The summed E-state index contributed by atoms with van der Waals surface area (Å²) in [5.41, 5.74) is 0. The highest BCUT2D eigenvalue weighted by Gasteiger charge is 2.19. The smallest absolute Gasteiger partial charge is 0.306 e. The molecule has 6 heteroatoms. The van der Waals surface area contributed by atoms with Gasteiger partial charge in [0.1, 0.15) is 13.2 Å². The lowest BCUT2D eigenvalue weighted by Gasteiger charge is -2.18. The molecule has 0 N–H and O–H groups in total. The van der Waals surface area contributed by atoms with Gasteiger partial charge in [0, 0.05) is 19.3 Å². The molecule has 1 atom stereocenters. The van der Waals surface area contributed by atoms with E-state index in [9.17, 15) is 14.4 Å². The summed E-state index contributed by atoms with van der Waals surface area (Å²) in [4.78, 5) is 38.1. The Labute approximate surface area is 417 Å². The van der Waals surface area contributed by atoms with E-state index in [4.69, 9.17) is 14.2 Å². The molecule has 0 spiro atoms. The van der Waals surface area contributed by atoms with Crippen LogP contribution in [0.4, 0.5) is 0 Å². The molecule has 1 unspecified atom stereocenters. The van der Waals surface area contributed by atoms with Crippen LogP contribution in [-0.4, -0.2) is 37.2 Å². The van der Waals surface area contributed by atoms with Crippen LogP contribution in [0.3, 0.4) is 0 Å². The third-order valence-electron chi connectivity index (χ3n) is 10.7. The van der Waals surface area contributed by atoms with Gasteiger partial charge in [-0.1, -0.05) is 231 Å². The Morgan fingerprint density at radius 1 is 0.324 bits per heavy atom. The van der Waals surface area contributed by atoms with Crippen LogP contribution in [0.5, 0.6) is 0 Å². The van der Waals surface area contributed by atoms with Gasteiger partial charge in [0.2, 0.25) is 0 Å². The molecule has 0 aromatic heterocycles. The molecular weight excluding hydrogens is 841 g/mol. The van der Waals surface area contributed by atoms with E-state index in [1.54, 1.807) is 0 Å². The van der Waals surface area contributed by atoms with Gasteiger partial charge in [-0.2, -0.15) is 0 Å². The van der Waals surface area contributed by atoms with E-state index in [2.05, 4.69) is 106 Å². The minimum atomic E-state index is -0.836. The lowest BCUT2D eigenvalue weighted by atomic mass is 10.1. The second-order valence-corrected chi connectivity index (χ2v) is 17.2. The SMILES string of the molecule is CC\C=C/C=C\C=C/C=C\C=C\C=C/CCCCCC(=O)OCC(COC(=O)CCCCCCC/C=C\CCCCCCCCC)OC(=O)CCC/C=C\C/C=C\C/C=C\C/C=C\C/C=C\CC. The molecule has 68 heavy (non-hydrogen) atoms. The molecule has 0 aliphatic rings. The van der Waals surface area contributed by atoms with E-state index in [1.807, 2.05) is 60.8 Å². The first kappa shape index (κ1) is 63.3. The molecule has 0 aliphatic heterocycles. The summed E-state index contributed by atoms with van der Waals surface area (Å²) < 4.78 is 16.7. The van der Waals surface area contributed by atoms with Gasteiger partial charge in [-0.05, 0) is 103 Å². The van der Waals surface area contributed by atoms with Crippen LogP contribution in [0.15, 0.2) is 146 Å². The minimum Gasteiger partial charge on any atom is -0.462 e. The number of allylic oxidation sites excluding steroid dienone is 24. The van der Waals surface area contributed by atoms with Crippen molar-refractivity contribution in [2.24, 2.45) is 0 Å². The first-order chi connectivity index (χ1) is 33.5. The maximum absolute atomic E-state index is 12.8. The molecule has 0 saturated carbocycles. The average molecular weight is 937 g/mol. The number of unbranched alkanes of at least 4 members (excludes halogenated alkanes) is 16. The van der Waals surface area contributed by atoms with Crippen molar-refractivity contribution in [1.29, 1.82) is 0 Å². The summed E-state index contributed by atoms with van der Waals surface area (Å²) in [6.07, 6.45) is 78.3. The van der Waals surface area contributed by atoms with E-state index in [1.165, 1.54) is 57.8 Å². The Hall–Kier alpha value is -4.71. The van der Waals surface area contributed by atoms with Crippen LogP contribution < -0.4 is 0 Å². The van der Waals surface area contributed by atoms with Gasteiger partial charge in [0.25, 0.3) is 0 Å². The quantitative estimate of drug-likeness (QED) is 0.0199. The van der Waals surface area contributed by atoms with Gasteiger partial charge < -0.3 is 14.2 Å². The van der Waals surface area contributed by atoms with Crippen molar-refractivity contribution in [2.45, 2.75) is 213 Å². The molecule has 0 radical (unpaired) electrons. The molecule has 0 saturated heterocycles. The van der Waals surface area contributed by atoms with Crippen molar-refractivity contribution < 1.29 is 28.6 Å². The Kier molecular flexibility index (Phi) is 51.1. The van der Waals surface area contributed by atoms with E-state index in [0.29, 0.717) is 19.3 Å². The van der Waals surface area contributed by atoms with Crippen molar-refractivity contribution >= 4 is 17.9 Å². The summed E-state index contributed by atoms with van der Waals surface area (Å²) in [6.45, 7) is 6.26. The van der Waals surface area contributed by atoms with Crippen LogP contribution in [0.25, 0.3) is 0 Å². The van der Waals surface area contributed by atoms with E-state index in [0.717, 1.165) is 96.3 Å². The topological polar surface area (TPSA) is 78.9 Å². The molecule has 0 aliphatic carbocycles. The van der Waals surface area contributed by atoms with Crippen molar-refractivity contribution in [1.82, 2.24) is 0 Å². The maximum atomic E-state index is 12.8. The summed E-state index contributed by atoms with van der Waals surface area (Å²) in [5.74, 6) is -1.05. The van der Waals surface area contributed by atoms with Gasteiger partial charge in [-0.15, -0.1) is 0 Å². The van der Waals surface area contributed by atoms with Crippen molar-refractivity contribution in [3.8, 4) is 0 Å². The number of hydrogen-bond donors (Lipinski definition) is 0. The fraction of sp³-hybridized carbons (Fsp3) is 0.565. The second kappa shape index (κ2) is 54.9. The Bertz CT molecular complexity index is 1540. The number of carbonyl (C=O) groups is 3. The normalized spacial score (nSPS) is 13.3. The lowest BCUT2D eigenvalue weighted by Crippen LogP contribution is -2.30. The first-order valence-electron chi connectivity index (χ1n) is 26.9. The zero-order chi connectivity index (χ0) is 49.3. The molecule has 0 amide bonds. The molecule has 0 fully saturated rings. The number of ether oxygens (including phenoxy) is 3. The zero-order valence-electron chi connectivity index (χ0n) is 43.3. The van der Waals surface area contributed by atoms with Crippen LogP contribution in [0, 0.1) is 0 Å². The van der Waals surface area contributed by atoms with Gasteiger partial charge in [0.05, 0.1) is 0 Å². The fourth-order valence-corrected chi connectivity index (χ4v) is 6.74. The first-order valence-corrected chi connectivity index (χ1v) is 26.9. The zero-order valence-corrected chi connectivity index (χ0v) is 43.3. The van der Waals surface area contributed by atoms with E-state index < -0.39 is 6.10 Å². The van der Waals surface area contributed by atoms with Crippen LogP contribution >= 0.6 is 0 Å². The van der Waals surface area contributed by atoms with Gasteiger partial charge in [0.15, 0.2) is 6.10 Å². The third kappa shape index (κ3) is 52.3. The molecule has 0 aromatic rings. The summed E-state index contributed by atoms with van der Waals surface area (Å²) in [5, 5.41) is 0. The van der Waals surface area contributed by atoms with Crippen LogP contribution in [-0.2, 0) is 28.6 Å². The average Bonchev–Trinajstić information content (AvgIpc) is 3.34. The maximum Gasteiger partial charge on any atom is 0.306 e. The highest BCUT2D eigenvalue weighted by Crippen LogP contribution is 2.12. The van der Waals surface area contributed by atoms with E-state index in [-0.39, 0.29) is 44.0 Å². The van der Waals surface area contributed by atoms with Crippen molar-refractivity contribution in [3.05, 3.63) is 146 Å². The van der Waals surface area contributed by atoms with Gasteiger partial charge in [-0.25, -0.2) is 0 Å². The Balaban J connectivity index is 4.62. The molecule has 6 nitrogen and oxygen atoms in total. The number of carbonyl (C=O) groups excluding carboxylic acids is 3. The second-order valence-electron chi connectivity index (χ2n) is 17.2. The summed E-state index contributed by atoms with van der Waals surface area (Å²) in [6, 6.07) is 0. The highest BCUT2D eigenvalue weighted by atomic mass is 16.6. The van der Waals surface area contributed by atoms with Crippen LogP contribution in [0.2, 0.25) is 0 Å². The van der Waals surface area contributed by atoms with Gasteiger partial charge >= 0.3 is 17.9 Å². The molecule has 380 valence electrons. The lowest BCUT2D eigenvalue weighted by molar-refractivity contribution is -0.167. The van der Waals surface area contributed by atoms with E-state index >= 15 is 0 Å². The molecular formula is C62H96O6. The predicted octanol–water partition coefficient (Wildman–Crippen LogP) is 18.0. The van der Waals surface area contributed by atoms with Crippen molar-refractivity contribution in [3.63, 3.8) is 0 Å². The number of rotatable bonds is 46. The van der Waals surface area contributed by atoms with Gasteiger partial charge in [-0.3, -0.25) is 14.4 Å². The Morgan fingerprint density at radius 2 is 0.662 bits per heavy atom. The molecule has 0 aromatic carbocycles. The number of esters is 3. The highest BCUT2D eigenvalue weighted by molar-refractivity contribution is 5.71. The summed E-state index contributed by atoms with van der Waals surface area (Å²) in [7, 11) is 0. The molecule has 0 bridgehead atoms.